The first kappa shape index (κ1) is 12.3. The summed E-state index contributed by atoms with van der Waals surface area (Å²) in [6, 6.07) is 7.07. The van der Waals surface area contributed by atoms with Crippen molar-refractivity contribution in [1.82, 2.24) is 4.90 Å². The van der Waals surface area contributed by atoms with Crippen LogP contribution in [0.5, 0.6) is 0 Å². The molecule has 1 saturated carbocycles. The molecule has 0 bridgehead atoms. The van der Waals surface area contributed by atoms with Crippen LogP contribution in [0, 0.1) is 10.1 Å². The number of nitro benzene ring substituents is 1. The second-order valence-corrected chi connectivity index (χ2v) is 4.40. The van der Waals surface area contributed by atoms with Crippen molar-refractivity contribution in [2.45, 2.75) is 25.4 Å². The number of hydrogen-bond acceptors (Lipinski definition) is 3. The van der Waals surface area contributed by atoms with E-state index in [0.29, 0.717) is 17.6 Å². The molecule has 96 valence electrons. The number of rotatable bonds is 4. The van der Waals surface area contributed by atoms with Gasteiger partial charge in [-0.15, -0.1) is 0 Å². The van der Waals surface area contributed by atoms with Gasteiger partial charge in [0, 0.05) is 19.2 Å². The Hall–Kier alpha value is -2.11. The van der Waals surface area contributed by atoms with Crippen molar-refractivity contribution >= 4 is 11.6 Å². The van der Waals surface area contributed by atoms with Crippen LogP contribution in [0.3, 0.4) is 0 Å². The van der Waals surface area contributed by atoms with E-state index in [9.17, 15) is 10.1 Å². The Morgan fingerprint density at radius 2 is 2.22 bits per heavy atom. The summed E-state index contributed by atoms with van der Waals surface area (Å²) in [6.45, 7) is 0.236. The molecule has 2 N–H and O–H groups in total. The lowest BCUT2D eigenvalue weighted by Crippen LogP contribution is -2.35. The highest BCUT2D eigenvalue weighted by molar-refractivity contribution is 5.78. The zero-order chi connectivity index (χ0) is 13.1. The summed E-state index contributed by atoms with van der Waals surface area (Å²) in [4.78, 5) is 16.6. The number of benzene rings is 1. The molecule has 1 aliphatic carbocycles. The Kier molecular flexibility index (Phi) is 3.45. The number of nitro groups is 1. The molecule has 6 heteroatoms. The molecule has 0 atom stereocenters. The highest BCUT2D eigenvalue weighted by Crippen LogP contribution is 2.25. The first-order valence-corrected chi connectivity index (χ1v) is 5.84. The minimum absolute atomic E-state index is 0.0862. The van der Waals surface area contributed by atoms with Gasteiger partial charge in [0.1, 0.15) is 0 Å². The number of aliphatic imine (C=N–C) groups is 1. The fourth-order valence-corrected chi connectivity index (χ4v) is 1.75. The zero-order valence-corrected chi connectivity index (χ0v) is 10.2. The molecule has 0 radical (unpaired) electrons. The fourth-order valence-electron chi connectivity index (χ4n) is 1.75. The minimum atomic E-state index is -0.397. The maximum atomic E-state index is 10.8. The van der Waals surface area contributed by atoms with E-state index in [4.69, 9.17) is 5.73 Å². The van der Waals surface area contributed by atoms with Crippen LogP contribution in [0.1, 0.15) is 18.4 Å². The normalized spacial score (nSPS) is 15.5. The smallest absolute Gasteiger partial charge is 0.274 e. The number of guanidine groups is 1. The van der Waals surface area contributed by atoms with Crippen molar-refractivity contribution in [3.05, 3.63) is 39.9 Å². The fraction of sp³-hybridized carbons (Fsp3) is 0.417. The van der Waals surface area contributed by atoms with Gasteiger partial charge in [-0.2, -0.15) is 0 Å². The number of nitrogens with zero attached hydrogens (tertiary/aromatic N) is 3. The molecule has 0 saturated heterocycles. The summed E-state index contributed by atoms with van der Waals surface area (Å²) < 4.78 is 0. The lowest BCUT2D eigenvalue weighted by atomic mass is 10.2. The van der Waals surface area contributed by atoms with E-state index >= 15 is 0 Å². The lowest BCUT2D eigenvalue weighted by molar-refractivity contribution is -0.385. The van der Waals surface area contributed by atoms with Crippen molar-refractivity contribution < 1.29 is 4.92 Å². The highest BCUT2D eigenvalue weighted by Gasteiger charge is 2.27. The van der Waals surface area contributed by atoms with Crippen LogP contribution in [-0.4, -0.2) is 28.9 Å². The predicted molar refractivity (Wildman–Crippen MR) is 69.2 cm³/mol. The Bertz CT molecular complexity index is 483. The number of para-hydroxylation sites is 1. The third-order valence-electron chi connectivity index (χ3n) is 3.06. The van der Waals surface area contributed by atoms with Crippen LogP contribution in [-0.2, 0) is 6.54 Å². The van der Waals surface area contributed by atoms with Gasteiger partial charge >= 0.3 is 0 Å². The molecule has 6 nitrogen and oxygen atoms in total. The van der Waals surface area contributed by atoms with E-state index in [1.54, 1.807) is 18.2 Å². The number of hydrogen-bond donors (Lipinski definition) is 1. The largest absolute Gasteiger partial charge is 0.370 e. The summed E-state index contributed by atoms with van der Waals surface area (Å²) in [7, 11) is 1.90. The van der Waals surface area contributed by atoms with E-state index in [1.165, 1.54) is 6.07 Å². The molecule has 0 heterocycles. The molecule has 18 heavy (non-hydrogen) atoms. The zero-order valence-electron chi connectivity index (χ0n) is 10.2. The van der Waals surface area contributed by atoms with Crippen molar-refractivity contribution in [2.24, 2.45) is 10.7 Å². The van der Waals surface area contributed by atoms with E-state index in [-0.39, 0.29) is 12.2 Å². The third kappa shape index (κ3) is 2.77. The standard InChI is InChI=1S/C12H16N4O2/c1-15(10-6-7-10)12(13)14-8-9-4-2-3-5-11(9)16(17)18/h2-5,10H,6-8H2,1H3,(H2,13,14). The minimum Gasteiger partial charge on any atom is -0.370 e. The van der Waals surface area contributed by atoms with Crippen LogP contribution < -0.4 is 5.73 Å². The van der Waals surface area contributed by atoms with Gasteiger partial charge in [0.25, 0.3) is 5.69 Å². The first-order chi connectivity index (χ1) is 8.59. The van der Waals surface area contributed by atoms with E-state index < -0.39 is 4.92 Å². The Balaban J connectivity index is 2.09. The second kappa shape index (κ2) is 5.03. The van der Waals surface area contributed by atoms with Gasteiger partial charge in [0.15, 0.2) is 5.96 Å². The topological polar surface area (TPSA) is 84.8 Å². The van der Waals surface area contributed by atoms with Gasteiger partial charge in [0.2, 0.25) is 0 Å². The first-order valence-electron chi connectivity index (χ1n) is 5.84. The van der Waals surface area contributed by atoms with Crippen LogP contribution in [0.15, 0.2) is 29.3 Å². The summed E-state index contributed by atoms with van der Waals surface area (Å²) in [5.74, 6) is 0.440. The summed E-state index contributed by atoms with van der Waals surface area (Å²) >= 11 is 0. The molecule has 0 spiro atoms. The molecule has 0 unspecified atom stereocenters. The monoisotopic (exact) mass is 248 g/mol. The third-order valence-corrected chi connectivity index (χ3v) is 3.06. The summed E-state index contributed by atoms with van der Waals surface area (Å²) in [5, 5.41) is 10.8. The quantitative estimate of drug-likeness (QED) is 0.379. The summed E-state index contributed by atoms with van der Waals surface area (Å²) in [5.41, 5.74) is 6.50. The molecule has 1 aliphatic rings. The molecular formula is C12H16N4O2. The van der Waals surface area contributed by atoms with Gasteiger partial charge in [-0.1, -0.05) is 18.2 Å². The van der Waals surface area contributed by atoms with Crippen LogP contribution in [0.4, 0.5) is 5.69 Å². The van der Waals surface area contributed by atoms with Gasteiger partial charge in [-0.3, -0.25) is 10.1 Å². The van der Waals surface area contributed by atoms with E-state index in [0.717, 1.165) is 12.8 Å². The van der Waals surface area contributed by atoms with Crippen molar-refractivity contribution in [3.8, 4) is 0 Å². The van der Waals surface area contributed by atoms with Crippen LogP contribution >= 0.6 is 0 Å². The van der Waals surface area contributed by atoms with Gasteiger partial charge in [0.05, 0.1) is 17.0 Å². The Labute approximate surface area is 105 Å². The van der Waals surface area contributed by atoms with Gasteiger partial charge in [-0.05, 0) is 12.8 Å². The highest BCUT2D eigenvalue weighted by atomic mass is 16.6. The molecular weight excluding hydrogens is 232 g/mol. The molecule has 0 aliphatic heterocycles. The average Bonchev–Trinajstić information content (AvgIpc) is 3.19. The maximum absolute atomic E-state index is 10.8. The average molecular weight is 248 g/mol. The van der Waals surface area contributed by atoms with Crippen molar-refractivity contribution in [2.75, 3.05) is 7.05 Å². The molecule has 0 amide bonds. The Morgan fingerprint density at radius 1 is 1.56 bits per heavy atom. The lowest BCUT2D eigenvalue weighted by Gasteiger charge is -2.16. The Morgan fingerprint density at radius 3 is 2.83 bits per heavy atom. The summed E-state index contributed by atoms with van der Waals surface area (Å²) in [6.07, 6.45) is 2.27. The van der Waals surface area contributed by atoms with Crippen molar-refractivity contribution in [1.29, 1.82) is 0 Å². The predicted octanol–water partition coefficient (Wildman–Crippen LogP) is 1.50. The van der Waals surface area contributed by atoms with Crippen LogP contribution in [0.25, 0.3) is 0 Å². The maximum Gasteiger partial charge on any atom is 0.274 e. The van der Waals surface area contributed by atoms with Crippen LogP contribution in [0.2, 0.25) is 0 Å². The second-order valence-electron chi connectivity index (χ2n) is 4.40. The van der Waals surface area contributed by atoms with E-state index in [2.05, 4.69) is 4.99 Å². The molecule has 1 aromatic rings. The molecule has 1 aromatic carbocycles. The molecule has 0 aromatic heterocycles. The van der Waals surface area contributed by atoms with Gasteiger partial charge < -0.3 is 10.6 Å². The van der Waals surface area contributed by atoms with E-state index in [1.807, 2.05) is 11.9 Å². The molecule has 1 fully saturated rings. The number of nitrogens with two attached hydrogens (primary N) is 1. The van der Waals surface area contributed by atoms with Gasteiger partial charge in [-0.25, -0.2) is 4.99 Å². The SMILES string of the molecule is CN(C(N)=NCc1ccccc1[N+](=O)[O-])C1CC1. The molecule has 2 rings (SSSR count). The van der Waals surface area contributed by atoms with Crippen molar-refractivity contribution in [3.63, 3.8) is 0 Å².